The van der Waals surface area contributed by atoms with Crippen molar-refractivity contribution in [2.75, 3.05) is 13.2 Å². The van der Waals surface area contributed by atoms with Gasteiger partial charge in [0.1, 0.15) is 5.54 Å². The fourth-order valence-electron chi connectivity index (χ4n) is 2.05. The molecule has 104 valence electrons. The molecule has 1 aromatic rings. The van der Waals surface area contributed by atoms with Crippen LogP contribution < -0.4 is 5.32 Å². The van der Waals surface area contributed by atoms with Gasteiger partial charge in [-0.15, -0.1) is 0 Å². The van der Waals surface area contributed by atoms with Gasteiger partial charge in [-0.3, -0.25) is 5.32 Å². The third-order valence-electron chi connectivity index (χ3n) is 3.39. The van der Waals surface area contributed by atoms with Gasteiger partial charge in [0.25, 0.3) is 0 Å². The van der Waals surface area contributed by atoms with Crippen molar-refractivity contribution in [3.8, 4) is 6.07 Å². The summed E-state index contributed by atoms with van der Waals surface area (Å²) in [6, 6.07) is 12.3. The van der Waals surface area contributed by atoms with Crippen LogP contribution in [0.25, 0.3) is 0 Å². The zero-order valence-corrected chi connectivity index (χ0v) is 12.1. The first-order chi connectivity index (χ1) is 9.18. The van der Waals surface area contributed by atoms with Crippen LogP contribution >= 0.6 is 0 Å². The summed E-state index contributed by atoms with van der Waals surface area (Å²) in [6.45, 7) is 7.52. The van der Waals surface area contributed by atoms with Crippen molar-refractivity contribution >= 4 is 0 Å². The maximum absolute atomic E-state index is 9.62. The normalized spacial score (nSPS) is 15.5. The predicted octanol–water partition coefficient (Wildman–Crippen LogP) is 3.22. The quantitative estimate of drug-likeness (QED) is 0.780. The molecular weight excluding hydrogens is 236 g/mol. The van der Waals surface area contributed by atoms with E-state index in [1.165, 1.54) is 0 Å². The Morgan fingerprint density at radius 2 is 2.00 bits per heavy atom. The van der Waals surface area contributed by atoms with Gasteiger partial charge >= 0.3 is 0 Å². The van der Waals surface area contributed by atoms with Crippen LogP contribution in [0.4, 0.5) is 0 Å². The molecule has 1 aromatic carbocycles. The molecule has 3 nitrogen and oxygen atoms in total. The Bertz CT molecular complexity index is 399. The first-order valence-corrected chi connectivity index (χ1v) is 7.02. The highest BCUT2D eigenvalue weighted by Gasteiger charge is 2.30. The van der Waals surface area contributed by atoms with Crippen LogP contribution in [0.3, 0.4) is 0 Å². The van der Waals surface area contributed by atoms with Crippen LogP contribution in [-0.2, 0) is 10.3 Å². The van der Waals surface area contributed by atoms with Gasteiger partial charge in [-0.25, -0.2) is 0 Å². The minimum absolute atomic E-state index is 0.244. The van der Waals surface area contributed by atoms with E-state index in [0.717, 1.165) is 18.5 Å². The largest absolute Gasteiger partial charge is 0.378 e. The molecule has 0 aliphatic rings. The van der Waals surface area contributed by atoms with Crippen molar-refractivity contribution in [3.05, 3.63) is 35.9 Å². The van der Waals surface area contributed by atoms with E-state index in [0.29, 0.717) is 13.0 Å². The van der Waals surface area contributed by atoms with Gasteiger partial charge < -0.3 is 4.74 Å². The Balaban J connectivity index is 2.79. The topological polar surface area (TPSA) is 45.0 Å². The SMILES string of the molecule is CCNC(C#N)(CCOC(C)CC)c1ccccc1. The van der Waals surface area contributed by atoms with Crippen LogP contribution in [0.15, 0.2) is 30.3 Å². The number of hydrogen-bond donors (Lipinski definition) is 1. The first-order valence-electron chi connectivity index (χ1n) is 7.02. The molecule has 2 unspecified atom stereocenters. The average molecular weight is 260 g/mol. The number of nitrogens with zero attached hydrogens (tertiary/aromatic N) is 1. The predicted molar refractivity (Wildman–Crippen MR) is 77.7 cm³/mol. The third kappa shape index (κ3) is 4.34. The molecule has 0 aliphatic heterocycles. The van der Waals surface area contributed by atoms with E-state index in [-0.39, 0.29) is 6.10 Å². The van der Waals surface area contributed by atoms with Crippen molar-refractivity contribution in [2.24, 2.45) is 0 Å². The molecule has 19 heavy (non-hydrogen) atoms. The van der Waals surface area contributed by atoms with Gasteiger partial charge in [-0.05, 0) is 25.5 Å². The van der Waals surface area contributed by atoms with E-state index in [1.807, 2.05) is 37.3 Å². The lowest BCUT2D eigenvalue weighted by Gasteiger charge is -2.28. The zero-order valence-electron chi connectivity index (χ0n) is 12.1. The van der Waals surface area contributed by atoms with E-state index >= 15 is 0 Å². The van der Waals surface area contributed by atoms with Crippen molar-refractivity contribution in [3.63, 3.8) is 0 Å². The molecule has 3 heteroatoms. The molecule has 1 N–H and O–H groups in total. The van der Waals surface area contributed by atoms with E-state index < -0.39 is 5.54 Å². The van der Waals surface area contributed by atoms with Gasteiger partial charge in [0.15, 0.2) is 0 Å². The van der Waals surface area contributed by atoms with Gasteiger partial charge in [0.05, 0.1) is 18.8 Å². The number of nitrogens with one attached hydrogen (secondary N) is 1. The number of nitriles is 1. The van der Waals surface area contributed by atoms with E-state index in [9.17, 15) is 5.26 Å². The highest BCUT2D eigenvalue weighted by Crippen LogP contribution is 2.24. The fraction of sp³-hybridized carbons (Fsp3) is 0.562. The Labute approximate surface area is 116 Å². The molecule has 0 fully saturated rings. The minimum Gasteiger partial charge on any atom is -0.378 e. The van der Waals surface area contributed by atoms with Crippen LogP contribution in [0, 0.1) is 11.3 Å². The molecule has 0 bridgehead atoms. The maximum atomic E-state index is 9.62. The zero-order chi connectivity index (χ0) is 14.1. The molecule has 2 atom stereocenters. The summed E-state index contributed by atoms with van der Waals surface area (Å²) >= 11 is 0. The molecule has 0 saturated carbocycles. The van der Waals surface area contributed by atoms with Crippen molar-refractivity contribution < 1.29 is 4.74 Å². The van der Waals surface area contributed by atoms with Gasteiger partial charge in [0.2, 0.25) is 0 Å². The monoisotopic (exact) mass is 260 g/mol. The average Bonchev–Trinajstić information content (AvgIpc) is 2.47. The highest BCUT2D eigenvalue weighted by molar-refractivity contribution is 5.31. The Hall–Kier alpha value is -1.37. The third-order valence-corrected chi connectivity index (χ3v) is 3.39. The number of hydrogen-bond acceptors (Lipinski definition) is 3. The molecule has 0 aromatic heterocycles. The van der Waals surface area contributed by atoms with Crippen LogP contribution in [0.2, 0.25) is 0 Å². The second kappa shape index (κ2) is 7.93. The Morgan fingerprint density at radius 1 is 1.32 bits per heavy atom. The van der Waals surface area contributed by atoms with Gasteiger partial charge in [-0.2, -0.15) is 5.26 Å². The summed E-state index contributed by atoms with van der Waals surface area (Å²) in [5.74, 6) is 0. The summed E-state index contributed by atoms with van der Waals surface area (Å²) in [7, 11) is 0. The standard InChI is InChI=1S/C16H24N2O/c1-4-14(3)19-12-11-16(13-17,18-5-2)15-9-7-6-8-10-15/h6-10,14,18H,4-5,11-12H2,1-3H3. The molecule has 0 amide bonds. The van der Waals surface area contributed by atoms with E-state index in [4.69, 9.17) is 4.74 Å². The van der Waals surface area contributed by atoms with Gasteiger partial charge in [-0.1, -0.05) is 44.2 Å². The van der Waals surface area contributed by atoms with E-state index in [2.05, 4.69) is 25.2 Å². The molecule has 1 rings (SSSR count). The van der Waals surface area contributed by atoms with Crippen molar-refractivity contribution in [1.82, 2.24) is 5.32 Å². The Morgan fingerprint density at radius 3 is 2.53 bits per heavy atom. The van der Waals surface area contributed by atoms with Crippen LogP contribution in [0.1, 0.15) is 39.2 Å². The second-order valence-electron chi connectivity index (χ2n) is 4.75. The van der Waals surface area contributed by atoms with Gasteiger partial charge in [0, 0.05) is 6.42 Å². The number of benzene rings is 1. The van der Waals surface area contributed by atoms with Crippen molar-refractivity contribution in [2.45, 2.75) is 45.3 Å². The summed E-state index contributed by atoms with van der Waals surface area (Å²) < 4.78 is 5.73. The lowest BCUT2D eigenvalue weighted by molar-refractivity contribution is 0.0519. The molecule has 0 spiro atoms. The van der Waals surface area contributed by atoms with Crippen molar-refractivity contribution in [1.29, 1.82) is 5.26 Å². The summed E-state index contributed by atoms with van der Waals surface area (Å²) in [5, 5.41) is 12.9. The smallest absolute Gasteiger partial charge is 0.134 e. The highest BCUT2D eigenvalue weighted by atomic mass is 16.5. The summed E-state index contributed by atoms with van der Waals surface area (Å²) in [6.07, 6.45) is 1.89. The molecule has 0 heterocycles. The first kappa shape index (κ1) is 15.7. The Kier molecular flexibility index (Phi) is 6.55. The van der Waals surface area contributed by atoms with Crippen LogP contribution in [0.5, 0.6) is 0 Å². The summed E-state index contributed by atoms with van der Waals surface area (Å²) in [4.78, 5) is 0. The minimum atomic E-state index is -0.649. The molecule has 0 radical (unpaired) electrons. The second-order valence-corrected chi connectivity index (χ2v) is 4.75. The maximum Gasteiger partial charge on any atom is 0.134 e. The summed E-state index contributed by atoms with van der Waals surface area (Å²) in [5.41, 5.74) is 0.357. The molecule has 0 saturated heterocycles. The molecule has 0 aliphatic carbocycles. The fourth-order valence-corrected chi connectivity index (χ4v) is 2.05. The molecular formula is C16H24N2O. The van der Waals surface area contributed by atoms with Crippen LogP contribution in [-0.4, -0.2) is 19.3 Å². The van der Waals surface area contributed by atoms with E-state index in [1.54, 1.807) is 0 Å². The number of ether oxygens (including phenoxy) is 1. The lowest BCUT2D eigenvalue weighted by Crippen LogP contribution is -2.42. The number of rotatable bonds is 8. The lowest BCUT2D eigenvalue weighted by atomic mass is 9.88.